The number of rotatable bonds is 9. The topological polar surface area (TPSA) is 49.4 Å². The number of thioether (sulfide) groups is 1. The highest BCUT2D eigenvalue weighted by atomic mass is 79.9. The zero-order valence-electron chi connectivity index (χ0n) is 16.8. The van der Waals surface area contributed by atoms with E-state index in [0.29, 0.717) is 11.6 Å². The molecule has 0 radical (unpaired) electrons. The molecular weight excluding hydrogens is 472 g/mol. The van der Waals surface area contributed by atoms with E-state index in [0.717, 1.165) is 21.4 Å². The third kappa shape index (κ3) is 7.68. The quantitative estimate of drug-likeness (QED) is 0.464. The van der Waals surface area contributed by atoms with E-state index in [-0.39, 0.29) is 23.6 Å². The Morgan fingerprint density at radius 1 is 1.10 bits per heavy atom. The van der Waals surface area contributed by atoms with Crippen LogP contribution in [0.1, 0.15) is 32.8 Å². The molecule has 29 heavy (non-hydrogen) atoms. The lowest BCUT2D eigenvalue weighted by Gasteiger charge is -2.29. The Bertz CT molecular complexity index is 815. The molecule has 0 saturated heterocycles. The first-order valence-corrected chi connectivity index (χ1v) is 11.7. The molecule has 2 atom stereocenters. The molecule has 156 valence electrons. The van der Waals surface area contributed by atoms with Gasteiger partial charge in [0, 0.05) is 27.0 Å². The molecule has 0 unspecified atom stereocenters. The van der Waals surface area contributed by atoms with Crippen LogP contribution in [0.3, 0.4) is 0 Å². The maximum absolute atomic E-state index is 13.0. The zero-order chi connectivity index (χ0) is 21.4. The van der Waals surface area contributed by atoms with Gasteiger partial charge < -0.3 is 10.2 Å². The lowest BCUT2D eigenvalue weighted by atomic mass is 10.1. The molecular formula is C22H26BrClN2O2S. The minimum absolute atomic E-state index is 0.0676. The third-order valence-electron chi connectivity index (χ3n) is 4.61. The number of nitrogens with one attached hydrogen (secondary N) is 1. The summed E-state index contributed by atoms with van der Waals surface area (Å²) in [4.78, 5) is 28.3. The summed E-state index contributed by atoms with van der Waals surface area (Å²) in [5.41, 5.74) is 0.973. The second-order valence-corrected chi connectivity index (χ2v) is 9.29. The molecule has 2 aromatic carbocycles. The van der Waals surface area contributed by atoms with Crippen LogP contribution in [0, 0.1) is 0 Å². The molecule has 0 fully saturated rings. The lowest BCUT2D eigenvalue weighted by molar-refractivity contribution is -0.138. The second-order valence-electron chi connectivity index (χ2n) is 6.88. The highest BCUT2D eigenvalue weighted by molar-refractivity contribution is 9.10. The van der Waals surface area contributed by atoms with E-state index in [1.54, 1.807) is 24.0 Å². The van der Waals surface area contributed by atoms with Crippen molar-refractivity contribution >= 4 is 51.1 Å². The molecule has 2 aromatic rings. The molecule has 0 heterocycles. The van der Waals surface area contributed by atoms with Crippen molar-refractivity contribution in [2.45, 2.75) is 50.7 Å². The van der Waals surface area contributed by atoms with Crippen molar-refractivity contribution in [1.29, 1.82) is 0 Å². The van der Waals surface area contributed by atoms with E-state index in [1.807, 2.05) is 50.2 Å². The van der Waals surface area contributed by atoms with Crippen molar-refractivity contribution < 1.29 is 9.59 Å². The summed E-state index contributed by atoms with van der Waals surface area (Å²) in [5.74, 6) is 0.0278. The van der Waals surface area contributed by atoms with Crippen molar-refractivity contribution in [3.05, 3.63) is 63.6 Å². The van der Waals surface area contributed by atoms with Crippen molar-refractivity contribution in [1.82, 2.24) is 10.2 Å². The number of carbonyl (C=O) groups excluding carboxylic acids is 2. The number of halogens is 2. The molecule has 0 aromatic heterocycles. The summed E-state index contributed by atoms with van der Waals surface area (Å²) in [6, 6.07) is 14.7. The zero-order valence-corrected chi connectivity index (χ0v) is 20.0. The Labute approximate surface area is 190 Å². The van der Waals surface area contributed by atoms with Crippen molar-refractivity contribution in [3.8, 4) is 0 Å². The largest absolute Gasteiger partial charge is 0.352 e. The molecule has 0 aliphatic carbocycles. The molecule has 0 aliphatic heterocycles. The molecule has 7 heteroatoms. The van der Waals surface area contributed by atoms with E-state index in [2.05, 4.69) is 21.2 Å². The van der Waals surface area contributed by atoms with Gasteiger partial charge in [-0.25, -0.2) is 0 Å². The van der Waals surface area contributed by atoms with Gasteiger partial charge in [-0.3, -0.25) is 9.59 Å². The van der Waals surface area contributed by atoms with Crippen LogP contribution in [0.2, 0.25) is 5.02 Å². The number of carbonyl (C=O) groups is 2. The molecule has 1 N–H and O–H groups in total. The van der Waals surface area contributed by atoms with Crippen LogP contribution in [0.15, 0.2) is 57.9 Å². The first-order chi connectivity index (χ1) is 13.8. The molecule has 0 aliphatic rings. The van der Waals surface area contributed by atoms with Crippen molar-refractivity contribution in [3.63, 3.8) is 0 Å². The number of amides is 2. The van der Waals surface area contributed by atoms with E-state index < -0.39 is 6.04 Å². The molecule has 2 rings (SSSR count). The minimum Gasteiger partial charge on any atom is -0.352 e. The first-order valence-electron chi connectivity index (χ1n) is 9.52. The first kappa shape index (κ1) is 23.8. The smallest absolute Gasteiger partial charge is 0.242 e. The Kier molecular flexibility index (Phi) is 9.53. The van der Waals surface area contributed by atoms with Crippen LogP contribution in [0.4, 0.5) is 0 Å². The van der Waals surface area contributed by atoms with Crippen LogP contribution in [0.25, 0.3) is 0 Å². The third-order valence-corrected chi connectivity index (χ3v) is 6.39. The fraction of sp³-hybridized carbons (Fsp3) is 0.364. The second kappa shape index (κ2) is 11.6. The van der Waals surface area contributed by atoms with Gasteiger partial charge in [-0.1, -0.05) is 46.6 Å². The minimum atomic E-state index is -0.564. The summed E-state index contributed by atoms with van der Waals surface area (Å²) in [7, 11) is 0. The highest BCUT2D eigenvalue weighted by Crippen LogP contribution is 2.22. The number of benzene rings is 2. The van der Waals surface area contributed by atoms with E-state index >= 15 is 0 Å². The molecule has 4 nitrogen and oxygen atoms in total. The monoisotopic (exact) mass is 496 g/mol. The Balaban J connectivity index is 2.13. The van der Waals surface area contributed by atoms with Crippen molar-refractivity contribution in [2.75, 3.05) is 5.75 Å². The van der Waals surface area contributed by atoms with Gasteiger partial charge in [0.1, 0.15) is 6.04 Å². The fourth-order valence-corrected chi connectivity index (χ4v) is 3.77. The number of nitrogens with zero attached hydrogens (tertiary/aromatic N) is 1. The Hall–Kier alpha value is -1.50. The summed E-state index contributed by atoms with van der Waals surface area (Å²) in [5, 5.41) is 3.64. The maximum atomic E-state index is 13.0. The molecule has 0 saturated carbocycles. The average molecular weight is 498 g/mol. The lowest BCUT2D eigenvalue weighted by Crippen LogP contribution is -2.50. The van der Waals surface area contributed by atoms with Gasteiger partial charge in [0.25, 0.3) is 0 Å². The van der Waals surface area contributed by atoms with Crippen LogP contribution < -0.4 is 5.32 Å². The molecule has 2 amide bonds. The summed E-state index contributed by atoms with van der Waals surface area (Å²) < 4.78 is 0.972. The summed E-state index contributed by atoms with van der Waals surface area (Å²) in [6.07, 6.45) is 0.839. The number of hydrogen-bond acceptors (Lipinski definition) is 3. The average Bonchev–Trinajstić information content (AvgIpc) is 2.72. The van der Waals surface area contributed by atoms with Crippen LogP contribution in [-0.4, -0.2) is 34.6 Å². The van der Waals surface area contributed by atoms with Gasteiger partial charge in [-0.05, 0) is 62.2 Å². The summed E-state index contributed by atoms with van der Waals surface area (Å²) >= 11 is 10.8. The SMILES string of the molecule is CC[C@@H](C)NC(=O)[C@@H](C)N(Cc1ccc(Br)cc1)C(=O)CSc1ccc(Cl)cc1. The normalized spacial score (nSPS) is 12.9. The van der Waals surface area contributed by atoms with Crippen LogP contribution in [0.5, 0.6) is 0 Å². The summed E-state index contributed by atoms with van der Waals surface area (Å²) in [6.45, 7) is 6.13. The molecule has 0 bridgehead atoms. The van der Waals surface area contributed by atoms with Gasteiger partial charge in [-0.2, -0.15) is 0 Å². The number of hydrogen-bond donors (Lipinski definition) is 1. The Morgan fingerprint density at radius 2 is 1.72 bits per heavy atom. The fourth-order valence-electron chi connectivity index (χ4n) is 2.59. The molecule has 0 spiro atoms. The van der Waals surface area contributed by atoms with Gasteiger partial charge in [0.15, 0.2) is 0 Å². The van der Waals surface area contributed by atoms with E-state index in [9.17, 15) is 9.59 Å². The van der Waals surface area contributed by atoms with Gasteiger partial charge in [-0.15, -0.1) is 11.8 Å². The van der Waals surface area contributed by atoms with Crippen molar-refractivity contribution in [2.24, 2.45) is 0 Å². The van der Waals surface area contributed by atoms with Gasteiger partial charge in [0.2, 0.25) is 11.8 Å². The highest BCUT2D eigenvalue weighted by Gasteiger charge is 2.26. The predicted molar refractivity (Wildman–Crippen MR) is 124 cm³/mol. The van der Waals surface area contributed by atoms with Gasteiger partial charge >= 0.3 is 0 Å². The van der Waals surface area contributed by atoms with E-state index in [4.69, 9.17) is 11.6 Å². The van der Waals surface area contributed by atoms with Gasteiger partial charge in [0.05, 0.1) is 5.75 Å². The predicted octanol–water partition coefficient (Wildman–Crippen LogP) is 5.53. The maximum Gasteiger partial charge on any atom is 0.242 e. The Morgan fingerprint density at radius 3 is 2.31 bits per heavy atom. The standard InChI is InChI=1S/C22H26BrClN2O2S/c1-4-15(2)25-22(28)16(3)26(13-17-5-7-18(23)8-6-17)21(27)14-29-20-11-9-19(24)10-12-20/h5-12,15-16H,4,13-14H2,1-3H3,(H,25,28)/t15-,16-/m1/s1. The van der Waals surface area contributed by atoms with Crippen LogP contribution in [-0.2, 0) is 16.1 Å². The van der Waals surface area contributed by atoms with E-state index in [1.165, 1.54) is 11.8 Å². The van der Waals surface area contributed by atoms with Crippen LogP contribution >= 0.6 is 39.3 Å².